The third-order valence-electron chi connectivity index (χ3n) is 2.26. The summed E-state index contributed by atoms with van der Waals surface area (Å²) in [5, 5.41) is 0.840. The molecule has 2 rings (SSSR count). The van der Waals surface area contributed by atoms with Crippen LogP contribution < -0.4 is 15.2 Å². The van der Waals surface area contributed by atoms with Crippen molar-refractivity contribution < 1.29 is 9.47 Å². The Labute approximate surface area is 109 Å². The fraction of sp³-hybridized carbons (Fsp3) is 0.167. The third kappa shape index (κ3) is 2.84. The van der Waals surface area contributed by atoms with E-state index in [0.717, 1.165) is 5.03 Å². The van der Waals surface area contributed by atoms with Crippen molar-refractivity contribution in [3.63, 3.8) is 0 Å². The smallest absolute Gasteiger partial charge is 0.223 e. The molecule has 0 aliphatic carbocycles. The second kappa shape index (κ2) is 5.59. The second-order valence-corrected chi connectivity index (χ2v) is 4.23. The highest BCUT2D eigenvalue weighted by Gasteiger charge is 2.05. The molecule has 0 aliphatic heterocycles. The SMILES string of the molecule is COc1ccc(Oc2cc(SC)ncn2)c(N)c1. The van der Waals surface area contributed by atoms with Gasteiger partial charge in [-0.2, -0.15) is 0 Å². The van der Waals surface area contributed by atoms with Gasteiger partial charge in [0, 0.05) is 12.1 Å². The van der Waals surface area contributed by atoms with Crippen molar-refractivity contribution in [3.05, 3.63) is 30.6 Å². The van der Waals surface area contributed by atoms with Gasteiger partial charge in [-0.25, -0.2) is 9.97 Å². The number of methoxy groups -OCH3 is 1. The van der Waals surface area contributed by atoms with Crippen molar-refractivity contribution in [1.29, 1.82) is 0 Å². The zero-order chi connectivity index (χ0) is 13.0. The highest BCUT2D eigenvalue weighted by Crippen LogP contribution is 2.30. The molecule has 2 aromatic rings. The predicted octanol–water partition coefficient (Wildman–Crippen LogP) is 2.58. The lowest BCUT2D eigenvalue weighted by molar-refractivity contribution is 0.412. The first-order chi connectivity index (χ1) is 8.72. The number of anilines is 1. The minimum Gasteiger partial charge on any atom is -0.497 e. The molecule has 0 bridgehead atoms. The summed E-state index contributed by atoms with van der Waals surface area (Å²) < 4.78 is 10.7. The second-order valence-electron chi connectivity index (χ2n) is 3.40. The lowest BCUT2D eigenvalue weighted by Crippen LogP contribution is -1.95. The van der Waals surface area contributed by atoms with E-state index in [-0.39, 0.29) is 0 Å². The van der Waals surface area contributed by atoms with Gasteiger partial charge in [0.25, 0.3) is 0 Å². The molecule has 0 radical (unpaired) electrons. The highest BCUT2D eigenvalue weighted by atomic mass is 32.2. The molecule has 0 unspecified atom stereocenters. The number of thioether (sulfide) groups is 1. The number of aromatic nitrogens is 2. The molecule has 1 aromatic heterocycles. The Bertz CT molecular complexity index is 549. The zero-order valence-electron chi connectivity index (χ0n) is 10.1. The molecule has 18 heavy (non-hydrogen) atoms. The minimum absolute atomic E-state index is 0.464. The zero-order valence-corrected chi connectivity index (χ0v) is 10.9. The summed E-state index contributed by atoms with van der Waals surface area (Å²) >= 11 is 1.52. The van der Waals surface area contributed by atoms with Crippen LogP contribution >= 0.6 is 11.8 Å². The molecule has 5 nitrogen and oxygen atoms in total. The fourth-order valence-electron chi connectivity index (χ4n) is 1.35. The molecule has 0 saturated heterocycles. The average molecular weight is 263 g/mol. The molecular formula is C12H13N3O2S. The van der Waals surface area contributed by atoms with Crippen LogP contribution in [0.4, 0.5) is 5.69 Å². The Morgan fingerprint density at radius 2 is 2.06 bits per heavy atom. The van der Waals surface area contributed by atoms with Crippen LogP contribution in [0.1, 0.15) is 0 Å². The Balaban J connectivity index is 2.22. The number of hydrogen-bond acceptors (Lipinski definition) is 6. The normalized spacial score (nSPS) is 10.1. The minimum atomic E-state index is 0.464. The first kappa shape index (κ1) is 12.5. The molecule has 0 fully saturated rings. The maximum Gasteiger partial charge on any atom is 0.223 e. The molecule has 0 atom stereocenters. The molecule has 0 saturated carbocycles. The largest absolute Gasteiger partial charge is 0.497 e. The summed E-state index contributed by atoms with van der Waals surface area (Å²) in [4.78, 5) is 8.10. The van der Waals surface area contributed by atoms with Gasteiger partial charge in [0.05, 0.1) is 12.8 Å². The summed E-state index contributed by atoms with van der Waals surface area (Å²) in [6.07, 6.45) is 3.40. The predicted molar refractivity (Wildman–Crippen MR) is 71.3 cm³/mol. The number of nitrogen functional groups attached to an aromatic ring is 1. The maximum atomic E-state index is 5.86. The van der Waals surface area contributed by atoms with Crippen molar-refractivity contribution in [2.75, 3.05) is 19.1 Å². The first-order valence-corrected chi connectivity index (χ1v) is 6.43. The first-order valence-electron chi connectivity index (χ1n) is 5.20. The lowest BCUT2D eigenvalue weighted by Gasteiger charge is -2.09. The van der Waals surface area contributed by atoms with Crippen molar-refractivity contribution in [1.82, 2.24) is 9.97 Å². The van der Waals surface area contributed by atoms with E-state index in [2.05, 4.69) is 9.97 Å². The summed E-state index contributed by atoms with van der Waals surface area (Å²) in [5.74, 6) is 1.69. The molecule has 0 amide bonds. The van der Waals surface area contributed by atoms with E-state index in [4.69, 9.17) is 15.2 Å². The summed E-state index contributed by atoms with van der Waals surface area (Å²) in [6.45, 7) is 0. The molecular weight excluding hydrogens is 250 g/mol. The van der Waals surface area contributed by atoms with Crippen LogP contribution in [0.5, 0.6) is 17.4 Å². The molecule has 1 heterocycles. The van der Waals surface area contributed by atoms with Crippen molar-refractivity contribution in [2.45, 2.75) is 5.03 Å². The maximum absolute atomic E-state index is 5.86. The van der Waals surface area contributed by atoms with E-state index in [0.29, 0.717) is 23.1 Å². The van der Waals surface area contributed by atoms with Crippen LogP contribution in [-0.4, -0.2) is 23.3 Å². The summed E-state index contributed by atoms with van der Waals surface area (Å²) in [6, 6.07) is 6.98. The van der Waals surface area contributed by atoms with Gasteiger partial charge in [0.2, 0.25) is 5.88 Å². The van der Waals surface area contributed by atoms with Gasteiger partial charge in [-0.05, 0) is 18.4 Å². The van der Waals surface area contributed by atoms with E-state index in [1.54, 1.807) is 31.4 Å². The van der Waals surface area contributed by atoms with Crippen LogP contribution in [-0.2, 0) is 0 Å². The summed E-state index contributed by atoms with van der Waals surface area (Å²) in [7, 11) is 1.59. The van der Waals surface area contributed by atoms with Gasteiger partial charge >= 0.3 is 0 Å². The third-order valence-corrected chi connectivity index (χ3v) is 2.90. The van der Waals surface area contributed by atoms with E-state index in [1.165, 1.54) is 18.1 Å². The number of rotatable bonds is 4. The topological polar surface area (TPSA) is 70.3 Å². The van der Waals surface area contributed by atoms with Gasteiger partial charge in [0.1, 0.15) is 17.1 Å². The van der Waals surface area contributed by atoms with Gasteiger partial charge in [-0.3, -0.25) is 0 Å². The number of nitrogens with two attached hydrogens (primary N) is 1. The van der Waals surface area contributed by atoms with E-state index in [1.807, 2.05) is 6.26 Å². The number of benzene rings is 1. The Morgan fingerprint density at radius 1 is 1.22 bits per heavy atom. The standard InChI is InChI=1S/C12H13N3O2S/c1-16-8-3-4-10(9(13)5-8)17-11-6-12(18-2)15-7-14-11/h3-7H,13H2,1-2H3. The Kier molecular flexibility index (Phi) is 3.88. The quantitative estimate of drug-likeness (QED) is 0.519. The van der Waals surface area contributed by atoms with E-state index in [9.17, 15) is 0 Å². The van der Waals surface area contributed by atoms with Crippen molar-refractivity contribution in [3.8, 4) is 17.4 Å². The van der Waals surface area contributed by atoms with Crippen LogP contribution in [0.2, 0.25) is 0 Å². The molecule has 1 aromatic carbocycles. The molecule has 0 aliphatic rings. The Morgan fingerprint density at radius 3 is 2.72 bits per heavy atom. The van der Waals surface area contributed by atoms with Gasteiger partial charge < -0.3 is 15.2 Å². The summed E-state index contributed by atoms with van der Waals surface area (Å²) in [5.41, 5.74) is 6.36. The van der Waals surface area contributed by atoms with E-state index < -0.39 is 0 Å². The fourth-order valence-corrected chi connectivity index (χ4v) is 1.72. The van der Waals surface area contributed by atoms with Crippen molar-refractivity contribution >= 4 is 17.4 Å². The molecule has 2 N–H and O–H groups in total. The molecule has 94 valence electrons. The van der Waals surface area contributed by atoms with Crippen LogP contribution in [0.15, 0.2) is 35.6 Å². The number of nitrogens with zero attached hydrogens (tertiary/aromatic N) is 2. The number of ether oxygens (including phenoxy) is 2. The van der Waals surface area contributed by atoms with Gasteiger partial charge in [-0.15, -0.1) is 11.8 Å². The Hall–Kier alpha value is -1.95. The van der Waals surface area contributed by atoms with Gasteiger partial charge in [0.15, 0.2) is 5.75 Å². The van der Waals surface area contributed by atoms with Crippen molar-refractivity contribution in [2.24, 2.45) is 0 Å². The number of hydrogen-bond donors (Lipinski definition) is 1. The van der Waals surface area contributed by atoms with Gasteiger partial charge in [-0.1, -0.05) is 0 Å². The lowest BCUT2D eigenvalue weighted by atomic mass is 10.3. The van der Waals surface area contributed by atoms with Crippen LogP contribution in [0.3, 0.4) is 0 Å². The molecule has 0 spiro atoms. The van der Waals surface area contributed by atoms with Crippen LogP contribution in [0.25, 0.3) is 0 Å². The van der Waals surface area contributed by atoms with E-state index >= 15 is 0 Å². The highest BCUT2D eigenvalue weighted by molar-refractivity contribution is 7.98. The van der Waals surface area contributed by atoms with Crippen LogP contribution in [0, 0.1) is 0 Å². The molecule has 6 heteroatoms. The monoisotopic (exact) mass is 263 g/mol. The average Bonchev–Trinajstić information content (AvgIpc) is 2.41.